The van der Waals surface area contributed by atoms with E-state index in [1.165, 1.54) is 102 Å². The van der Waals surface area contributed by atoms with Crippen LogP contribution in [-0.2, 0) is 162 Å². The van der Waals surface area contributed by atoms with Crippen LogP contribution in [0.25, 0.3) is 0 Å². The molecule has 0 amide bonds. The van der Waals surface area contributed by atoms with Gasteiger partial charge in [-0.15, -0.1) is 0 Å². The summed E-state index contributed by atoms with van der Waals surface area (Å²) in [5.74, 6) is -1.86. The minimum atomic E-state index is -1.68. The Balaban J connectivity index is 0.000000202. The van der Waals surface area contributed by atoms with Crippen LogP contribution in [0.3, 0.4) is 0 Å². The van der Waals surface area contributed by atoms with E-state index in [0.29, 0.717) is 0 Å². The molecule has 0 aliphatic carbocycles. The number of aryl methyl sites for hydroxylation is 16. The molecule has 624 valence electrons. The largest absolute Gasteiger partial charge is 0.341 e. The minimum absolute atomic E-state index is 0.570. The van der Waals surface area contributed by atoms with Crippen molar-refractivity contribution in [3.8, 4) is 0 Å². The van der Waals surface area contributed by atoms with E-state index >= 15 is 0 Å². The number of hydrogen-bond donors (Lipinski definition) is 0. The lowest BCUT2D eigenvalue weighted by Gasteiger charge is -2.43. The van der Waals surface area contributed by atoms with Gasteiger partial charge in [-0.1, -0.05) is 269 Å². The van der Waals surface area contributed by atoms with Crippen LogP contribution in [0.1, 0.15) is 311 Å². The summed E-state index contributed by atoms with van der Waals surface area (Å²) in [5, 5.41) is 0. The Morgan fingerprint density at radius 3 is 0.466 bits per heavy atom. The summed E-state index contributed by atoms with van der Waals surface area (Å²) in [6.45, 7) is 48.3. The molecule has 6 aliphatic rings. The average molecular weight is 1610 g/mol. The second-order valence-corrected chi connectivity index (χ2v) is 37.5. The Kier molecular flexibility index (Phi) is 28.6. The highest BCUT2D eigenvalue weighted by atomic mass is 31.2. The Morgan fingerprint density at radius 2 is 0.345 bits per heavy atom. The average Bonchev–Trinajstić information content (AvgIpc) is 1.58. The molecule has 10 nitrogen and oxygen atoms in total. The first kappa shape index (κ1) is 88.0. The van der Waals surface area contributed by atoms with Crippen LogP contribution in [-0.4, -0.2) is 71.5 Å². The summed E-state index contributed by atoms with van der Waals surface area (Å²) in [6.07, 6.45) is 19.5. The predicted molar refractivity (Wildman–Crippen MR) is 481 cm³/mol. The van der Waals surface area contributed by atoms with Gasteiger partial charge in [-0.25, -0.2) is 9.34 Å². The molecule has 6 aliphatic heterocycles. The van der Waals surface area contributed by atoms with Gasteiger partial charge in [0.25, 0.3) is 17.1 Å². The summed E-state index contributed by atoms with van der Waals surface area (Å²) < 4.78 is 68.2. The highest BCUT2D eigenvalue weighted by Gasteiger charge is 2.70. The van der Waals surface area contributed by atoms with Gasteiger partial charge in [0.05, 0.1) is 0 Å². The lowest BCUT2D eigenvalue weighted by molar-refractivity contribution is -0.175. The normalized spacial score (nSPS) is 21.8. The Bertz CT molecular complexity index is 3720. The topological polar surface area (TPSA) is 80.3 Å². The predicted octanol–water partition coefficient (Wildman–Crippen LogP) is 25.3. The van der Waals surface area contributed by atoms with Crippen molar-refractivity contribution in [2.24, 2.45) is 0 Å². The summed E-state index contributed by atoms with van der Waals surface area (Å²) in [4.78, 5) is 0. The van der Waals surface area contributed by atoms with E-state index < -0.39 is 75.4 Å². The zero-order chi connectivity index (χ0) is 82.5. The summed E-state index contributed by atoms with van der Waals surface area (Å²) in [5.41, 5.74) is 25.7. The van der Waals surface area contributed by atoms with Crippen molar-refractivity contribution < 1.29 is 37.0 Å². The van der Waals surface area contributed by atoms with Crippen molar-refractivity contribution in [1.29, 1.82) is 0 Å². The number of nitrogens with zero attached hydrogens (tertiary/aromatic N) is 2. The number of rotatable bonds is 26. The minimum Gasteiger partial charge on any atom is -0.341 e. The fraction of sp³-hybridized carbons (Fsp3) is 0.538. The van der Waals surface area contributed by atoms with Crippen LogP contribution in [0.15, 0.2) is 146 Å². The number of fused-ring (bicyclic) bond motifs is 2. The first-order valence-corrected chi connectivity index (χ1v) is 47.9. The second kappa shape index (κ2) is 37.7. The molecule has 8 aromatic rings. The summed E-state index contributed by atoms with van der Waals surface area (Å²) in [7, 11) is -3.36. The van der Waals surface area contributed by atoms with Crippen LogP contribution in [0.4, 0.5) is 0 Å². The van der Waals surface area contributed by atoms with Crippen LogP contribution in [0.5, 0.6) is 0 Å². The molecule has 0 spiro atoms. The number of ether oxygens (including phenoxy) is 4. The van der Waals surface area contributed by atoms with Gasteiger partial charge in [0.2, 0.25) is 0 Å². The SMILES string of the molecule is CCc1cc(CC)cc(C2(c3cc(CC)cc(CC)c3)OP(N3CCCCC3)OC(c3cc(CC)cc(CC)c3)(c3cc(CC)cc(CC)c3)[C@@H]3OC(C)(C)O[C@H]32)c1.CCc1cc(CC)cc(C2(c3cc(CC)cc(CC)c3)OP(N3CCCCC3)OC(c3cc(CC)cc(CC)c3)(c3cc(CC)cc(CC)c3)[C@@H]3OC(C)(C)O[C@H]32)c1. The fourth-order valence-electron chi connectivity index (χ4n) is 19.2. The van der Waals surface area contributed by atoms with Gasteiger partial charge in [0, 0.05) is 26.2 Å². The lowest BCUT2D eigenvalue weighted by Crippen LogP contribution is -2.54. The molecular weight excluding hydrogens is 1470 g/mol. The standard InChI is InChI=1S/2C52H70NO4P/c2*1-11-36-24-37(12-2)29-44(28-36)51(45-30-38(13-3)25-39(14-4)31-45)48-49(55-50(9,10)54-48)52(46-32-40(15-5)26-41(16-6)33-46,47-34-42(17-7)27-43(18-8)35-47)57-58(56-51)53-22-20-19-21-23-53/h2*24-35,48-49H,11-23H2,1-10H3/t2*48-,49-/m11/s1. The maximum absolute atomic E-state index is 8.20. The molecule has 4 atom stereocenters. The van der Waals surface area contributed by atoms with Crippen molar-refractivity contribution in [2.75, 3.05) is 26.2 Å². The zero-order valence-corrected chi connectivity index (χ0v) is 76.4. The molecule has 0 unspecified atom stereocenters. The molecule has 8 aromatic carbocycles. The Labute approximate surface area is 702 Å². The highest BCUT2D eigenvalue weighted by molar-refractivity contribution is 7.45. The van der Waals surface area contributed by atoms with Gasteiger partial charge in [-0.3, -0.25) is 0 Å². The molecule has 6 heterocycles. The molecule has 0 radical (unpaired) electrons. The van der Waals surface area contributed by atoms with Crippen LogP contribution in [0, 0.1) is 0 Å². The first-order valence-electron chi connectivity index (χ1n) is 45.6. The van der Waals surface area contributed by atoms with Crippen molar-refractivity contribution in [1.82, 2.24) is 9.34 Å². The van der Waals surface area contributed by atoms with Crippen molar-refractivity contribution in [3.63, 3.8) is 0 Å². The number of benzene rings is 8. The fourth-order valence-corrected chi connectivity index (χ4v) is 23.2. The van der Waals surface area contributed by atoms with Crippen LogP contribution < -0.4 is 0 Å². The number of piperidine rings is 2. The van der Waals surface area contributed by atoms with Crippen molar-refractivity contribution in [2.45, 2.75) is 338 Å². The van der Waals surface area contributed by atoms with Crippen molar-refractivity contribution >= 4 is 17.1 Å². The molecule has 6 fully saturated rings. The van der Waals surface area contributed by atoms with Gasteiger partial charge in [0.15, 0.2) is 34.0 Å². The molecule has 14 rings (SSSR count). The van der Waals surface area contributed by atoms with E-state index in [1.807, 2.05) is 0 Å². The maximum Gasteiger partial charge on any atom is 0.261 e. The monoisotopic (exact) mass is 1610 g/mol. The molecule has 116 heavy (non-hydrogen) atoms. The smallest absolute Gasteiger partial charge is 0.261 e. The van der Waals surface area contributed by atoms with Gasteiger partial charge in [0.1, 0.15) is 24.4 Å². The Morgan fingerprint density at radius 1 is 0.216 bits per heavy atom. The quantitative estimate of drug-likeness (QED) is 0.0489. The molecule has 0 bridgehead atoms. The van der Waals surface area contributed by atoms with Crippen molar-refractivity contribution in [3.05, 3.63) is 279 Å². The van der Waals surface area contributed by atoms with Crippen LogP contribution in [0.2, 0.25) is 0 Å². The van der Waals surface area contributed by atoms with E-state index in [-0.39, 0.29) is 0 Å². The van der Waals surface area contributed by atoms with Gasteiger partial charge >= 0.3 is 0 Å². The van der Waals surface area contributed by atoms with E-state index in [0.717, 1.165) is 199 Å². The zero-order valence-electron chi connectivity index (χ0n) is 74.6. The highest BCUT2D eigenvalue weighted by Crippen LogP contribution is 2.69. The summed E-state index contributed by atoms with van der Waals surface area (Å²) in [6, 6.07) is 57.5. The molecule has 0 saturated carbocycles. The van der Waals surface area contributed by atoms with Gasteiger partial charge < -0.3 is 37.0 Å². The maximum atomic E-state index is 8.20. The van der Waals surface area contributed by atoms with Gasteiger partial charge in [-0.2, -0.15) is 0 Å². The lowest BCUT2D eigenvalue weighted by atomic mass is 9.70. The first-order chi connectivity index (χ1) is 56.0. The molecule has 12 heteroatoms. The molecular formula is C104H140N2O8P2. The van der Waals surface area contributed by atoms with E-state index in [4.69, 9.17) is 37.0 Å². The van der Waals surface area contributed by atoms with E-state index in [9.17, 15) is 0 Å². The molecule has 6 saturated heterocycles. The third-order valence-electron chi connectivity index (χ3n) is 26.2. The molecule has 0 aromatic heterocycles. The second-order valence-electron chi connectivity index (χ2n) is 34.7. The summed E-state index contributed by atoms with van der Waals surface area (Å²) >= 11 is 0. The number of hydrogen-bond acceptors (Lipinski definition) is 10. The van der Waals surface area contributed by atoms with Gasteiger partial charge in [-0.05, 0) is 290 Å². The Hall–Kier alpha value is -5.78. The molecule has 0 N–H and O–H groups in total. The third-order valence-corrected chi connectivity index (χ3v) is 29.7. The third kappa shape index (κ3) is 17.6. The van der Waals surface area contributed by atoms with Crippen LogP contribution >= 0.6 is 17.1 Å². The van der Waals surface area contributed by atoms with E-state index in [1.54, 1.807) is 0 Å². The van der Waals surface area contributed by atoms with E-state index in [2.05, 4.69) is 293 Å².